The van der Waals surface area contributed by atoms with E-state index in [2.05, 4.69) is 0 Å². The molecule has 0 atom stereocenters. The number of hydrogen-bond acceptors (Lipinski definition) is 5. The molecule has 0 aromatic heterocycles. The number of halogens is 1. The predicted octanol–water partition coefficient (Wildman–Crippen LogP) is 2.24. The lowest BCUT2D eigenvalue weighted by Crippen LogP contribution is -2.41. The van der Waals surface area contributed by atoms with Crippen LogP contribution in [0, 0.1) is 0 Å². The molecule has 0 bridgehead atoms. The Bertz CT molecular complexity index is 508. The van der Waals surface area contributed by atoms with Gasteiger partial charge in [0.1, 0.15) is 0 Å². The van der Waals surface area contributed by atoms with E-state index in [1.54, 1.807) is 7.11 Å². The summed E-state index contributed by atoms with van der Waals surface area (Å²) in [5.74, 6) is 1.48. The molecule has 25 heavy (non-hydrogen) atoms. The molecule has 142 valence electrons. The fraction of sp³-hybridized carbons (Fsp3) is 0.611. The number of piperidine rings is 1. The summed E-state index contributed by atoms with van der Waals surface area (Å²) >= 11 is 0. The number of nitrogens with zero attached hydrogens (tertiary/aromatic N) is 1. The van der Waals surface area contributed by atoms with Gasteiger partial charge in [0.2, 0.25) is 5.91 Å². The van der Waals surface area contributed by atoms with E-state index < -0.39 is 0 Å². The molecule has 1 aliphatic heterocycles. The first kappa shape index (κ1) is 21.5. The Kier molecular flexibility index (Phi) is 10.3. The second kappa shape index (κ2) is 12.0. The SMILES string of the molecule is COc1ccccc1OCCC(=O)N1CCC(OCCCN)CC1.Cl. The minimum absolute atomic E-state index is 0. The van der Waals surface area contributed by atoms with Gasteiger partial charge in [-0.1, -0.05) is 12.1 Å². The van der Waals surface area contributed by atoms with Gasteiger partial charge in [-0.3, -0.25) is 4.79 Å². The fourth-order valence-electron chi connectivity index (χ4n) is 2.75. The summed E-state index contributed by atoms with van der Waals surface area (Å²) < 4.78 is 16.7. The first-order valence-electron chi connectivity index (χ1n) is 8.60. The Balaban J connectivity index is 0.00000312. The van der Waals surface area contributed by atoms with Crippen molar-refractivity contribution in [1.82, 2.24) is 4.90 Å². The molecule has 1 amide bonds. The Morgan fingerprint density at radius 3 is 2.52 bits per heavy atom. The van der Waals surface area contributed by atoms with E-state index in [-0.39, 0.29) is 24.4 Å². The maximum absolute atomic E-state index is 12.3. The van der Waals surface area contributed by atoms with Gasteiger partial charge in [-0.2, -0.15) is 0 Å². The number of rotatable bonds is 9. The van der Waals surface area contributed by atoms with E-state index in [1.807, 2.05) is 29.2 Å². The van der Waals surface area contributed by atoms with Gasteiger partial charge in [-0.15, -0.1) is 12.4 Å². The molecule has 2 rings (SSSR count). The molecule has 7 heteroatoms. The van der Waals surface area contributed by atoms with Crippen LogP contribution in [0.2, 0.25) is 0 Å². The van der Waals surface area contributed by atoms with Crippen LogP contribution in [0.25, 0.3) is 0 Å². The third-order valence-corrected chi connectivity index (χ3v) is 4.14. The molecule has 0 radical (unpaired) electrons. The highest BCUT2D eigenvalue weighted by molar-refractivity contribution is 5.85. The van der Waals surface area contributed by atoms with Crippen molar-refractivity contribution in [2.75, 3.05) is 40.0 Å². The molecular weight excluding hydrogens is 344 g/mol. The van der Waals surface area contributed by atoms with Gasteiger partial charge in [0.25, 0.3) is 0 Å². The van der Waals surface area contributed by atoms with Gasteiger partial charge in [0.05, 0.1) is 26.2 Å². The first-order chi connectivity index (χ1) is 11.7. The van der Waals surface area contributed by atoms with E-state index in [4.69, 9.17) is 19.9 Å². The zero-order valence-corrected chi connectivity index (χ0v) is 15.6. The van der Waals surface area contributed by atoms with Crippen LogP contribution < -0.4 is 15.2 Å². The smallest absolute Gasteiger partial charge is 0.226 e. The number of para-hydroxylation sites is 2. The van der Waals surface area contributed by atoms with Gasteiger partial charge < -0.3 is 24.8 Å². The lowest BCUT2D eigenvalue weighted by atomic mass is 10.1. The summed E-state index contributed by atoms with van der Waals surface area (Å²) in [5, 5.41) is 0. The van der Waals surface area contributed by atoms with Crippen LogP contribution in [0.3, 0.4) is 0 Å². The number of amides is 1. The first-order valence-corrected chi connectivity index (χ1v) is 8.60. The average molecular weight is 373 g/mol. The molecule has 1 aromatic carbocycles. The van der Waals surface area contributed by atoms with Crippen molar-refractivity contribution in [2.24, 2.45) is 5.73 Å². The van der Waals surface area contributed by atoms with Crippen molar-refractivity contribution in [1.29, 1.82) is 0 Å². The third-order valence-electron chi connectivity index (χ3n) is 4.14. The molecule has 1 saturated heterocycles. The predicted molar refractivity (Wildman–Crippen MR) is 99.6 cm³/mol. The highest BCUT2D eigenvalue weighted by atomic mass is 35.5. The van der Waals surface area contributed by atoms with Crippen LogP contribution in [0.4, 0.5) is 0 Å². The normalized spacial score (nSPS) is 14.7. The number of methoxy groups -OCH3 is 1. The number of ether oxygens (including phenoxy) is 3. The van der Waals surface area contributed by atoms with Gasteiger partial charge in [-0.05, 0) is 37.9 Å². The number of carbonyl (C=O) groups is 1. The highest BCUT2D eigenvalue weighted by Crippen LogP contribution is 2.25. The zero-order chi connectivity index (χ0) is 17.2. The minimum atomic E-state index is 0. The van der Waals surface area contributed by atoms with Crippen LogP contribution >= 0.6 is 12.4 Å². The van der Waals surface area contributed by atoms with E-state index in [0.29, 0.717) is 37.7 Å². The van der Waals surface area contributed by atoms with Crippen LogP contribution in [-0.4, -0.2) is 56.9 Å². The third kappa shape index (κ3) is 7.10. The Morgan fingerprint density at radius 1 is 1.20 bits per heavy atom. The monoisotopic (exact) mass is 372 g/mol. The standard InChI is InChI=1S/C18H28N2O4.ClH/c1-22-16-5-2-3-6-17(16)24-14-9-18(21)20-11-7-15(8-12-20)23-13-4-10-19;/h2-3,5-6,15H,4,7-14,19H2,1H3;1H. The van der Waals surface area contributed by atoms with Crippen molar-refractivity contribution in [2.45, 2.75) is 31.8 Å². The summed E-state index contributed by atoms with van der Waals surface area (Å²) in [5.41, 5.74) is 5.46. The van der Waals surface area contributed by atoms with Crippen LogP contribution in [0.15, 0.2) is 24.3 Å². The molecule has 2 N–H and O–H groups in total. The second-order valence-corrected chi connectivity index (χ2v) is 5.84. The van der Waals surface area contributed by atoms with E-state index >= 15 is 0 Å². The van der Waals surface area contributed by atoms with Gasteiger partial charge in [0.15, 0.2) is 11.5 Å². The second-order valence-electron chi connectivity index (χ2n) is 5.84. The number of likely N-dealkylation sites (tertiary alicyclic amines) is 1. The minimum Gasteiger partial charge on any atom is -0.493 e. The molecule has 1 aliphatic rings. The number of carbonyl (C=O) groups excluding carboxylic acids is 1. The molecular formula is C18H29ClN2O4. The van der Waals surface area contributed by atoms with Crippen molar-refractivity contribution >= 4 is 18.3 Å². The van der Waals surface area contributed by atoms with Crippen LogP contribution in [-0.2, 0) is 9.53 Å². The number of nitrogens with two attached hydrogens (primary N) is 1. The van der Waals surface area contributed by atoms with Crippen molar-refractivity contribution in [3.05, 3.63) is 24.3 Å². The Labute approximate surface area is 156 Å². The Hall–Kier alpha value is -1.50. The maximum Gasteiger partial charge on any atom is 0.226 e. The molecule has 1 heterocycles. The van der Waals surface area contributed by atoms with Crippen molar-refractivity contribution in [3.8, 4) is 11.5 Å². The van der Waals surface area contributed by atoms with Crippen LogP contribution in [0.1, 0.15) is 25.7 Å². The number of benzene rings is 1. The van der Waals surface area contributed by atoms with Crippen molar-refractivity contribution < 1.29 is 19.0 Å². The highest BCUT2D eigenvalue weighted by Gasteiger charge is 2.22. The number of hydrogen-bond donors (Lipinski definition) is 1. The lowest BCUT2D eigenvalue weighted by Gasteiger charge is -2.32. The fourth-order valence-corrected chi connectivity index (χ4v) is 2.75. The Morgan fingerprint density at radius 2 is 1.88 bits per heavy atom. The van der Waals surface area contributed by atoms with Gasteiger partial charge in [-0.25, -0.2) is 0 Å². The molecule has 6 nitrogen and oxygen atoms in total. The molecule has 0 aliphatic carbocycles. The summed E-state index contributed by atoms with van der Waals surface area (Å²) in [6.07, 6.45) is 3.30. The largest absolute Gasteiger partial charge is 0.493 e. The average Bonchev–Trinajstić information content (AvgIpc) is 2.63. The van der Waals surface area contributed by atoms with E-state index in [9.17, 15) is 4.79 Å². The molecule has 1 fully saturated rings. The van der Waals surface area contributed by atoms with Crippen LogP contribution in [0.5, 0.6) is 11.5 Å². The van der Waals surface area contributed by atoms with E-state index in [0.717, 1.165) is 32.4 Å². The van der Waals surface area contributed by atoms with Gasteiger partial charge in [0, 0.05) is 19.7 Å². The molecule has 0 unspecified atom stereocenters. The quantitative estimate of drug-likeness (QED) is 0.673. The lowest BCUT2D eigenvalue weighted by molar-refractivity contribution is -0.134. The summed E-state index contributed by atoms with van der Waals surface area (Å²) in [4.78, 5) is 14.2. The summed E-state index contributed by atoms with van der Waals surface area (Å²) in [7, 11) is 1.60. The summed E-state index contributed by atoms with van der Waals surface area (Å²) in [6, 6.07) is 7.45. The summed E-state index contributed by atoms with van der Waals surface area (Å²) in [6.45, 7) is 3.22. The molecule has 1 aromatic rings. The molecule has 0 saturated carbocycles. The van der Waals surface area contributed by atoms with Gasteiger partial charge >= 0.3 is 0 Å². The topological polar surface area (TPSA) is 74.0 Å². The zero-order valence-electron chi connectivity index (χ0n) is 14.8. The van der Waals surface area contributed by atoms with E-state index in [1.165, 1.54) is 0 Å². The molecule has 0 spiro atoms. The van der Waals surface area contributed by atoms with Crippen molar-refractivity contribution in [3.63, 3.8) is 0 Å². The maximum atomic E-state index is 12.3.